The van der Waals surface area contributed by atoms with Crippen LogP contribution in [0.25, 0.3) is 6.08 Å². The molecule has 1 aliphatic rings. The van der Waals surface area contributed by atoms with Crippen LogP contribution in [0.15, 0.2) is 53.2 Å². The van der Waals surface area contributed by atoms with Gasteiger partial charge in [-0.3, -0.25) is 24.0 Å². The van der Waals surface area contributed by atoms with E-state index in [2.05, 4.69) is 0 Å². The fraction of sp³-hybridized carbons (Fsp3) is 0.370. The summed E-state index contributed by atoms with van der Waals surface area (Å²) in [7, 11) is 0. The van der Waals surface area contributed by atoms with E-state index in [1.54, 1.807) is 12.1 Å². The van der Waals surface area contributed by atoms with Crippen molar-refractivity contribution in [2.75, 3.05) is 6.61 Å². The van der Waals surface area contributed by atoms with Crippen LogP contribution in [-0.2, 0) is 42.9 Å². The fourth-order valence-electron chi connectivity index (χ4n) is 3.76. The summed E-state index contributed by atoms with van der Waals surface area (Å²) in [6.45, 7) is 4.18. The predicted molar refractivity (Wildman–Crippen MR) is 131 cm³/mol. The molecule has 0 spiro atoms. The lowest BCUT2D eigenvalue weighted by atomic mass is 9.98. The Hall–Kier alpha value is -4.45. The first-order valence-corrected chi connectivity index (χ1v) is 11.9. The van der Waals surface area contributed by atoms with E-state index in [1.807, 2.05) is 0 Å². The second kappa shape index (κ2) is 13.4. The zero-order valence-corrected chi connectivity index (χ0v) is 21.7. The van der Waals surface area contributed by atoms with Crippen molar-refractivity contribution in [3.8, 4) is 5.75 Å². The van der Waals surface area contributed by atoms with Crippen molar-refractivity contribution in [2.24, 2.45) is 0 Å². The van der Waals surface area contributed by atoms with Crippen LogP contribution in [0.5, 0.6) is 5.75 Å². The second-order valence-corrected chi connectivity index (χ2v) is 8.42. The number of benzene rings is 1. The number of allylic oxidation sites excluding steroid dienone is 1. The quantitative estimate of drug-likeness (QED) is 0.187. The first-order valence-electron chi connectivity index (χ1n) is 11.9. The highest BCUT2D eigenvalue weighted by atomic mass is 16.7. The lowest BCUT2D eigenvalue weighted by Gasteiger charge is -2.43. The summed E-state index contributed by atoms with van der Waals surface area (Å²) >= 11 is 0. The number of hydrogen-bond acceptors (Lipinski definition) is 12. The number of esters is 4. The maximum Gasteiger partial charge on any atom is 0.303 e. The molecule has 0 aliphatic carbocycles. The molecule has 1 aromatic carbocycles. The Labute approximate surface area is 223 Å². The molecule has 2 heterocycles. The van der Waals surface area contributed by atoms with E-state index in [-0.39, 0.29) is 18.1 Å². The van der Waals surface area contributed by atoms with Crippen molar-refractivity contribution >= 4 is 35.7 Å². The molecule has 0 N–H and O–H groups in total. The summed E-state index contributed by atoms with van der Waals surface area (Å²) in [6, 6.07) is 9.40. The van der Waals surface area contributed by atoms with E-state index in [1.165, 1.54) is 49.6 Å². The molecular weight excluding hydrogens is 516 g/mol. The number of rotatable bonds is 10. The Balaban J connectivity index is 1.86. The Bertz CT molecular complexity index is 1200. The van der Waals surface area contributed by atoms with Gasteiger partial charge in [0.1, 0.15) is 24.2 Å². The number of ether oxygens (including phenoxy) is 6. The molecule has 2 aromatic rings. The van der Waals surface area contributed by atoms with Crippen LogP contribution in [0.1, 0.15) is 43.8 Å². The van der Waals surface area contributed by atoms with E-state index >= 15 is 0 Å². The second-order valence-electron chi connectivity index (χ2n) is 8.42. The molecule has 1 saturated heterocycles. The molecule has 0 radical (unpaired) electrons. The van der Waals surface area contributed by atoms with Crippen molar-refractivity contribution in [3.63, 3.8) is 0 Å². The smallest absolute Gasteiger partial charge is 0.303 e. The summed E-state index contributed by atoms with van der Waals surface area (Å²) in [4.78, 5) is 59.6. The van der Waals surface area contributed by atoms with Crippen molar-refractivity contribution in [1.29, 1.82) is 0 Å². The van der Waals surface area contributed by atoms with Gasteiger partial charge in [0.05, 0.1) is 6.26 Å². The van der Waals surface area contributed by atoms with Gasteiger partial charge in [0.25, 0.3) is 0 Å². The molecule has 12 nitrogen and oxygen atoms in total. The average Bonchev–Trinajstić information content (AvgIpc) is 3.38. The molecule has 3 rings (SSSR count). The molecule has 0 bridgehead atoms. The minimum atomic E-state index is -1.38. The van der Waals surface area contributed by atoms with E-state index in [4.69, 9.17) is 32.8 Å². The Kier molecular flexibility index (Phi) is 9.98. The first-order chi connectivity index (χ1) is 18.5. The van der Waals surface area contributed by atoms with Crippen LogP contribution in [0.2, 0.25) is 0 Å². The largest absolute Gasteiger partial charge is 0.465 e. The zero-order valence-electron chi connectivity index (χ0n) is 21.7. The monoisotopic (exact) mass is 544 g/mol. The van der Waals surface area contributed by atoms with Gasteiger partial charge in [0.2, 0.25) is 12.4 Å². The molecule has 0 amide bonds. The molecular formula is C27H28O12. The molecule has 0 saturated carbocycles. The molecule has 1 aromatic heterocycles. The van der Waals surface area contributed by atoms with E-state index < -0.39 is 54.6 Å². The summed E-state index contributed by atoms with van der Waals surface area (Å²) < 4.78 is 38.1. The third-order valence-corrected chi connectivity index (χ3v) is 5.28. The maximum atomic E-state index is 12.5. The van der Waals surface area contributed by atoms with Gasteiger partial charge >= 0.3 is 23.9 Å². The van der Waals surface area contributed by atoms with E-state index in [0.717, 1.165) is 20.8 Å². The highest BCUT2D eigenvalue weighted by Gasteiger charge is 2.53. The van der Waals surface area contributed by atoms with Crippen LogP contribution in [0, 0.1) is 0 Å². The van der Waals surface area contributed by atoms with Gasteiger partial charge in [-0.05, 0) is 48.6 Å². The molecule has 208 valence electrons. The molecule has 1 fully saturated rings. The third-order valence-electron chi connectivity index (χ3n) is 5.28. The Morgan fingerprint density at radius 1 is 0.795 bits per heavy atom. The summed E-state index contributed by atoms with van der Waals surface area (Å²) in [5.41, 5.74) is 0.353. The predicted octanol–water partition coefficient (Wildman–Crippen LogP) is 2.64. The summed E-state index contributed by atoms with van der Waals surface area (Å²) in [5.74, 6) is -2.44. The van der Waals surface area contributed by atoms with Gasteiger partial charge in [-0.25, -0.2) is 0 Å². The maximum absolute atomic E-state index is 12.5. The SMILES string of the molecule is CC(=O)OCC1OC(Oc2ccc(C(=O)C=Cc3ccco3)cc2)C(OC(C)=O)C(OC(C)=O)C1OC(C)=O. The summed E-state index contributed by atoms with van der Waals surface area (Å²) in [5, 5.41) is 0. The van der Waals surface area contributed by atoms with E-state index in [0.29, 0.717) is 11.3 Å². The molecule has 12 heteroatoms. The normalized spacial score (nSPS) is 22.5. The van der Waals surface area contributed by atoms with Crippen LogP contribution >= 0.6 is 0 Å². The van der Waals surface area contributed by atoms with Gasteiger partial charge in [0.15, 0.2) is 18.0 Å². The standard InChI is InChI=1S/C27H28O12/c1-15(28)34-14-23-24(35-16(2)29)25(36-17(3)30)26(37-18(4)31)27(39-23)38-21-9-7-19(8-10-21)22(32)12-11-20-6-5-13-33-20/h5-13,23-27H,14H2,1-4H3. The van der Waals surface area contributed by atoms with E-state index in [9.17, 15) is 24.0 Å². The van der Waals surface area contributed by atoms with Gasteiger partial charge in [-0.2, -0.15) is 0 Å². The highest BCUT2D eigenvalue weighted by Crippen LogP contribution is 2.31. The van der Waals surface area contributed by atoms with Crippen LogP contribution in [0.4, 0.5) is 0 Å². The lowest BCUT2D eigenvalue weighted by Crippen LogP contribution is -2.63. The topological polar surface area (TPSA) is 154 Å². The first kappa shape index (κ1) is 29.1. The van der Waals surface area contributed by atoms with Crippen LogP contribution < -0.4 is 4.74 Å². The van der Waals surface area contributed by atoms with Gasteiger partial charge < -0.3 is 32.8 Å². The molecule has 5 atom stereocenters. The lowest BCUT2D eigenvalue weighted by molar-refractivity contribution is -0.288. The number of carbonyl (C=O) groups excluding carboxylic acids is 5. The van der Waals surface area contributed by atoms with Gasteiger partial charge in [0, 0.05) is 33.3 Å². The Morgan fingerprint density at radius 2 is 1.41 bits per heavy atom. The number of furan rings is 1. The molecule has 1 aliphatic heterocycles. The minimum Gasteiger partial charge on any atom is -0.465 e. The van der Waals surface area contributed by atoms with Gasteiger partial charge in [-0.1, -0.05) is 0 Å². The van der Waals surface area contributed by atoms with Crippen LogP contribution in [-0.4, -0.2) is 67.0 Å². The molecule has 39 heavy (non-hydrogen) atoms. The molecule has 5 unspecified atom stereocenters. The number of hydrogen-bond donors (Lipinski definition) is 0. The zero-order chi connectivity index (χ0) is 28.5. The summed E-state index contributed by atoms with van der Waals surface area (Å²) in [6.07, 6.45) is -2.18. The number of ketones is 1. The average molecular weight is 545 g/mol. The van der Waals surface area contributed by atoms with Gasteiger partial charge in [-0.15, -0.1) is 0 Å². The number of carbonyl (C=O) groups is 5. The van der Waals surface area contributed by atoms with Crippen molar-refractivity contribution in [1.82, 2.24) is 0 Å². The fourth-order valence-corrected chi connectivity index (χ4v) is 3.76. The Morgan fingerprint density at radius 3 is 1.97 bits per heavy atom. The van der Waals surface area contributed by atoms with Crippen LogP contribution in [0.3, 0.4) is 0 Å². The van der Waals surface area contributed by atoms with Crippen molar-refractivity contribution in [2.45, 2.75) is 58.4 Å². The highest BCUT2D eigenvalue weighted by molar-refractivity contribution is 6.06. The van der Waals surface area contributed by atoms with Crippen molar-refractivity contribution in [3.05, 3.63) is 60.1 Å². The minimum absolute atomic E-state index is 0.211. The third kappa shape index (κ3) is 8.54. The van der Waals surface area contributed by atoms with Crippen molar-refractivity contribution < 1.29 is 56.8 Å².